The van der Waals surface area contributed by atoms with Gasteiger partial charge in [-0.1, -0.05) is 6.07 Å². The van der Waals surface area contributed by atoms with Gasteiger partial charge in [0.2, 0.25) is 11.8 Å². The number of hydrogen-bond acceptors (Lipinski definition) is 7. The molecule has 4 unspecified atom stereocenters. The third-order valence-corrected chi connectivity index (χ3v) is 6.24. The van der Waals surface area contributed by atoms with Crippen LogP contribution in [0.4, 0.5) is 0 Å². The minimum absolute atomic E-state index is 0.0255. The highest BCUT2D eigenvalue weighted by molar-refractivity contribution is 6.23. The molecule has 3 aliphatic rings. The fourth-order valence-corrected chi connectivity index (χ4v) is 4.50. The molecule has 4 N–H and O–H groups in total. The lowest BCUT2D eigenvalue weighted by molar-refractivity contribution is -0.136. The van der Waals surface area contributed by atoms with Gasteiger partial charge in [0.25, 0.3) is 11.8 Å². The molecule has 9 heteroatoms. The van der Waals surface area contributed by atoms with E-state index in [0.717, 1.165) is 29.7 Å². The molecule has 1 aromatic carbocycles. The second kappa shape index (κ2) is 8.25. The molecule has 2 aliphatic heterocycles. The van der Waals surface area contributed by atoms with Crippen molar-refractivity contribution in [2.75, 3.05) is 7.11 Å². The van der Waals surface area contributed by atoms with E-state index in [2.05, 4.69) is 10.6 Å². The summed E-state index contributed by atoms with van der Waals surface area (Å²) in [4.78, 5) is 50.2. The standard InChI is InChI=1S/C21H26N4O5/c1-30-17-9-12(3-5-15(17)22)23-10-11-2-4-13-14(8-11)21(29)25(20(13)28)16-6-7-18(26)24-19(16)27/h2,4,8,12,15-17,23H,3,5-7,9-10,22H2,1H3,(H,24,26,27). The molecule has 9 nitrogen and oxygen atoms in total. The van der Waals surface area contributed by atoms with Crippen molar-refractivity contribution < 1.29 is 23.9 Å². The van der Waals surface area contributed by atoms with Crippen LogP contribution in [0.25, 0.3) is 0 Å². The number of nitrogens with zero attached hydrogens (tertiary/aromatic N) is 1. The van der Waals surface area contributed by atoms with Crippen molar-refractivity contribution in [2.45, 2.75) is 62.9 Å². The van der Waals surface area contributed by atoms with Crippen LogP contribution in [0.2, 0.25) is 0 Å². The summed E-state index contributed by atoms with van der Waals surface area (Å²) in [5, 5.41) is 5.68. The number of amides is 4. The Kier molecular flexibility index (Phi) is 5.68. The molecule has 1 aromatic rings. The van der Waals surface area contributed by atoms with Crippen molar-refractivity contribution in [1.82, 2.24) is 15.5 Å². The van der Waals surface area contributed by atoms with Gasteiger partial charge in [-0.05, 0) is 43.4 Å². The SMILES string of the molecule is COC1CC(NCc2ccc3c(c2)C(=O)N(C2CCC(=O)NC2=O)C3=O)CCC1N. The lowest BCUT2D eigenvalue weighted by Gasteiger charge is -2.33. The Balaban J connectivity index is 1.44. The van der Waals surface area contributed by atoms with Crippen LogP contribution in [0.15, 0.2) is 18.2 Å². The molecule has 0 aromatic heterocycles. The maximum atomic E-state index is 12.9. The van der Waals surface area contributed by atoms with E-state index in [0.29, 0.717) is 12.1 Å². The summed E-state index contributed by atoms with van der Waals surface area (Å²) in [7, 11) is 1.67. The van der Waals surface area contributed by atoms with Crippen LogP contribution in [0.1, 0.15) is 58.4 Å². The number of nitrogens with two attached hydrogens (primary N) is 1. The number of carbonyl (C=O) groups excluding carboxylic acids is 4. The fourth-order valence-electron chi connectivity index (χ4n) is 4.50. The monoisotopic (exact) mass is 414 g/mol. The van der Waals surface area contributed by atoms with Gasteiger partial charge in [0, 0.05) is 32.2 Å². The van der Waals surface area contributed by atoms with Crippen LogP contribution >= 0.6 is 0 Å². The Morgan fingerprint density at radius 2 is 1.90 bits per heavy atom. The summed E-state index contributed by atoms with van der Waals surface area (Å²) in [6.45, 7) is 0.545. The maximum Gasteiger partial charge on any atom is 0.262 e. The predicted molar refractivity (Wildman–Crippen MR) is 106 cm³/mol. The highest BCUT2D eigenvalue weighted by atomic mass is 16.5. The van der Waals surface area contributed by atoms with Crippen molar-refractivity contribution in [3.63, 3.8) is 0 Å². The van der Waals surface area contributed by atoms with E-state index in [1.807, 2.05) is 6.07 Å². The smallest absolute Gasteiger partial charge is 0.262 e. The number of imide groups is 2. The van der Waals surface area contributed by atoms with Crippen LogP contribution in [0.5, 0.6) is 0 Å². The minimum atomic E-state index is -0.950. The third-order valence-electron chi connectivity index (χ3n) is 6.24. The summed E-state index contributed by atoms with van der Waals surface area (Å²) in [5.41, 5.74) is 7.53. The molecule has 4 amide bonds. The van der Waals surface area contributed by atoms with E-state index in [1.54, 1.807) is 19.2 Å². The maximum absolute atomic E-state index is 12.9. The third kappa shape index (κ3) is 3.76. The molecule has 30 heavy (non-hydrogen) atoms. The zero-order valence-electron chi connectivity index (χ0n) is 16.8. The van der Waals surface area contributed by atoms with E-state index in [1.165, 1.54) is 0 Å². The summed E-state index contributed by atoms with van der Waals surface area (Å²) in [6, 6.07) is 4.52. The van der Waals surface area contributed by atoms with Crippen molar-refractivity contribution >= 4 is 23.6 Å². The normalized spacial score (nSPS) is 29.2. The number of piperidine rings is 1. The average molecular weight is 414 g/mol. The topological polar surface area (TPSA) is 131 Å². The molecule has 2 fully saturated rings. The Bertz CT molecular complexity index is 901. The molecule has 0 bridgehead atoms. The summed E-state index contributed by atoms with van der Waals surface area (Å²) in [6.07, 6.45) is 2.93. The van der Waals surface area contributed by atoms with Gasteiger partial charge in [0.05, 0.1) is 17.2 Å². The first kappa shape index (κ1) is 20.6. The van der Waals surface area contributed by atoms with Gasteiger partial charge in [-0.2, -0.15) is 0 Å². The van der Waals surface area contributed by atoms with Crippen LogP contribution in [-0.2, 0) is 20.9 Å². The number of carbonyl (C=O) groups is 4. The van der Waals surface area contributed by atoms with Gasteiger partial charge in [-0.15, -0.1) is 0 Å². The quantitative estimate of drug-likeness (QED) is 0.581. The van der Waals surface area contributed by atoms with Crippen LogP contribution in [-0.4, -0.2) is 59.9 Å². The Morgan fingerprint density at radius 3 is 2.63 bits per heavy atom. The van der Waals surface area contributed by atoms with E-state index < -0.39 is 23.8 Å². The average Bonchev–Trinajstić information content (AvgIpc) is 2.97. The van der Waals surface area contributed by atoms with Gasteiger partial charge in [-0.25, -0.2) is 0 Å². The first-order chi connectivity index (χ1) is 14.4. The highest BCUT2D eigenvalue weighted by Gasteiger charge is 2.44. The zero-order chi connectivity index (χ0) is 21.4. The number of hydrogen-bond donors (Lipinski definition) is 3. The highest BCUT2D eigenvalue weighted by Crippen LogP contribution is 2.28. The summed E-state index contributed by atoms with van der Waals surface area (Å²) < 4.78 is 5.45. The molecule has 4 rings (SSSR count). The van der Waals surface area contributed by atoms with E-state index in [9.17, 15) is 19.2 Å². The minimum Gasteiger partial charge on any atom is -0.380 e. The number of benzene rings is 1. The second-order valence-corrected chi connectivity index (χ2v) is 8.16. The first-order valence-electron chi connectivity index (χ1n) is 10.2. The molecule has 2 heterocycles. The predicted octanol–water partition coefficient (Wildman–Crippen LogP) is 0.0722. The summed E-state index contributed by atoms with van der Waals surface area (Å²) in [5.74, 6) is -1.98. The van der Waals surface area contributed by atoms with Crippen molar-refractivity contribution in [1.29, 1.82) is 0 Å². The zero-order valence-corrected chi connectivity index (χ0v) is 16.8. The fraction of sp³-hybridized carbons (Fsp3) is 0.524. The molecule has 0 radical (unpaired) electrons. The van der Waals surface area contributed by atoms with E-state index in [-0.39, 0.29) is 42.5 Å². The second-order valence-electron chi connectivity index (χ2n) is 8.16. The number of fused-ring (bicyclic) bond motifs is 1. The Morgan fingerprint density at radius 1 is 1.13 bits per heavy atom. The van der Waals surface area contributed by atoms with Crippen LogP contribution in [0.3, 0.4) is 0 Å². The largest absolute Gasteiger partial charge is 0.380 e. The molecule has 1 saturated heterocycles. The number of methoxy groups -OCH3 is 1. The molecule has 4 atom stereocenters. The molecular formula is C21H26N4O5. The molecule has 1 saturated carbocycles. The first-order valence-corrected chi connectivity index (χ1v) is 10.2. The van der Waals surface area contributed by atoms with Crippen molar-refractivity contribution in [3.8, 4) is 0 Å². The van der Waals surface area contributed by atoms with Gasteiger partial charge in [0.1, 0.15) is 6.04 Å². The van der Waals surface area contributed by atoms with Gasteiger partial charge in [0.15, 0.2) is 0 Å². The molecule has 0 spiro atoms. The molecule has 160 valence electrons. The molecule has 1 aliphatic carbocycles. The van der Waals surface area contributed by atoms with Gasteiger partial charge >= 0.3 is 0 Å². The van der Waals surface area contributed by atoms with E-state index >= 15 is 0 Å². The van der Waals surface area contributed by atoms with Crippen molar-refractivity contribution in [2.24, 2.45) is 5.73 Å². The Labute approximate surface area is 174 Å². The lowest BCUT2D eigenvalue weighted by Crippen LogP contribution is -2.54. The van der Waals surface area contributed by atoms with E-state index in [4.69, 9.17) is 10.5 Å². The van der Waals surface area contributed by atoms with Crippen LogP contribution < -0.4 is 16.4 Å². The number of nitrogens with one attached hydrogen (secondary N) is 2. The van der Waals surface area contributed by atoms with Crippen LogP contribution in [0, 0.1) is 0 Å². The van der Waals surface area contributed by atoms with Gasteiger partial charge in [-0.3, -0.25) is 29.4 Å². The number of ether oxygens (including phenoxy) is 1. The van der Waals surface area contributed by atoms with Gasteiger partial charge < -0.3 is 15.8 Å². The molecular weight excluding hydrogens is 388 g/mol. The Hall–Kier alpha value is -2.62. The summed E-state index contributed by atoms with van der Waals surface area (Å²) >= 11 is 0. The lowest BCUT2D eigenvalue weighted by atomic mass is 9.89. The number of rotatable bonds is 5. The van der Waals surface area contributed by atoms with Crippen molar-refractivity contribution in [3.05, 3.63) is 34.9 Å².